The van der Waals surface area contributed by atoms with Crippen molar-refractivity contribution in [3.05, 3.63) is 66.5 Å². The molecule has 0 saturated heterocycles. The predicted octanol–water partition coefficient (Wildman–Crippen LogP) is 3.50. The van der Waals surface area contributed by atoms with E-state index in [-0.39, 0.29) is 5.75 Å². The molecule has 0 aliphatic carbocycles. The third-order valence-electron chi connectivity index (χ3n) is 4.31. The Morgan fingerprint density at radius 1 is 1.18 bits per heavy atom. The van der Waals surface area contributed by atoms with E-state index in [2.05, 4.69) is 32.3 Å². The molecule has 28 heavy (non-hydrogen) atoms. The number of amides is 1. The Morgan fingerprint density at radius 2 is 2.07 bits per heavy atom. The van der Waals surface area contributed by atoms with E-state index in [4.69, 9.17) is 4.74 Å². The highest BCUT2D eigenvalue weighted by Gasteiger charge is 2.14. The van der Waals surface area contributed by atoms with E-state index < -0.39 is 6.09 Å². The van der Waals surface area contributed by atoms with Crippen LogP contribution in [-0.2, 0) is 6.42 Å². The van der Waals surface area contributed by atoms with Crippen molar-refractivity contribution in [2.75, 3.05) is 5.43 Å². The van der Waals surface area contributed by atoms with Crippen LogP contribution < -0.4 is 10.2 Å². The largest absolute Gasteiger partial charge is 0.432 e. The molecule has 8 heteroatoms. The molecule has 0 fully saturated rings. The lowest BCUT2D eigenvalue weighted by atomic mass is 10.2. The van der Waals surface area contributed by atoms with Gasteiger partial charge in [-0.1, -0.05) is 13.0 Å². The minimum absolute atomic E-state index is 0.280. The number of hydrogen-bond donors (Lipinski definition) is 1. The first-order chi connectivity index (χ1) is 13.7. The zero-order valence-corrected chi connectivity index (χ0v) is 15.5. The molecule has 1 N–H and O–H groups in total. The molecule has 8 nitrogen and oxygen atoms in total. The summed E-state index contributed by atoms with van der Waals surface area (Å²) < 4.78 is 7.01. The topological polar surface area (TPSA) is 94.8 Å². The molecule has 0 saturated carbocycles. The summed E-state index contributed by atoms with van der Waals surface area (Å²) in [5.41, 5.74) is 5.81. The first-order valence-corrected chi connectivity index (χ1v) is 8.83. The minimum Gasteiger partial charge on any atom is -0.406 e. The second kappa shape index (κ2) is 7.43. The number of nitrogens with zero attached hydrogens (tertiary/aromatic N) is 5. The second-order valence-electron chi connectivity index (χ2n) is 6.13. The van der Waals surface area contributed by atoms with Gasteiger partial charge in [-0.15, -0.1) is 0 Å². The fourth-order valence-corrected chi connectivity index (χ4v) is 2.91. The number of hydrogen-bond acceptors (Lipinski definition) is 6. The van der Waals surface area contributed by atoms with Crippen LogP contribution in [0.25, 0.3) is 22.4 Å². The van der Waals surface area contributed by atoms with Gasteiger partial charge in [-0.3, -0.25) is 14.6 Å². The summed E-state index contributed by atoms with van der Waals surface area (Å²) in [5, 5.41) is 1.04. The molecule has 4 aromatic rings. The van der Waals surface area contributed by atoms with Crippen LogP contribution in [0.4, 0.5) is 4.79 Å². The van der Waals surface area contributed by atoms with Crippen LogP contribution in [0, 0.1) is 6.92 Å². The lowest BCUT2D eigenvalue weighted by Gasteiger charge is -2.10. The van der Waals surface area contributed by atoms with Crippen molar-refractivity contribution in [3.63, 3.8) is 0 Å². The van der Waals surface area contributed by atoms with Crippen molar-refractivity contribution in [2.24, 2.45) is 0 Å². The molecule has 0 bridgehead atoms. The molecule has 0 atom stereocenters. The van der Waals surface area contributed by atoms with Gasteiger partial charge in [-0.2, -0.15) is 0 Å². The highest BCUT2D eigenvalue weighted by molar-refractivity contribution is 5.87. The van der Waals surface area contributed by atoms with Crippen molar-refractivity contribution >= 4 is 17.0 Å². The van der Waals surface area contributed by atoms with Crippen molar-refractivity contribution < 1.29 is 9.53 Å². The van der Waals surface area contributed by atoms with Crippen molar-refractivity contribution in [2.45, 2.75) is 20.3 Å². The summed E-state index contributed by atoms with van der Waals surface area (Å²) >= 11 is 0. The third-order valence-corrected chi connectivity index (χ3v) is 4.31. The van der Waals surface area contributed by atoms with E-state index in [1.165, 1.54) is 6.20 Å². The molecule has 4 rings (SSSR count). The van der Waals surface area contributed by atoms with Crippen LogP contribution in [0.5, 0.6) is 5.75 Å². The average Bonchev–Trinajstić information content (AvgIpc) is 3.08. The van der Waals surface area contributed by atoms with E-state index in [0.717, 1.165) is 22.9 Å². The highest BCUT2D eigenvalue weighted by Crippen LogP contribution is 2.21. The lowest BCUT2D eigenvalue weighted by Crippen LogP contribution is -2.25. The smallest absolute Gasteiger partial charge is 0.406 e. The monoisotopic (exact) mass is 374 g/mol. The SMILES string of the molecule is CCc1cn(NC(=O)Oc2cnc(-c3ccccn3)nc2C)c2cnccc12. The van der Waals surface area contributed by atoms with Gasteiger partial charge in [0, 0.05) is 24.0 Å². The quantitative estimate of drug-likeness (QED) is 0.587. The normalized spacial score (nSPS) is 10.8. The zero-order chi connectivity index (χ0) is 19.5. The average molecular weight is 374 g/mol. The number of rotatable bonds is 4. The number of carbonyl (C=O) groups excluding carboxylic acids is 1. The van der Waals surface area contributed by atoms with Crippen molar-refractivity contribution in [1.29, 1.82) is 0 Å². The van der Waals surface area contributed by atoms with Crippen LogP contribution in [0.15, 0.2) is 55.2 Å². The van der Waals surface area contributed by atoms with Gasteiger partial charge < -0.3 is 4.74 Å². The highest BCUT2D eigenvalue weighted by atomic mass is 16.6. The molecule has 0 aliphatic rings. The van der Waals surface area contributed by atoms with E-state index in [1.54, 1.807) is 30.2 Å². The predicted molar refractivity (Wildman–Crippen MR) is 104 cm³/mol. The number of fused-ring (bicyclic) bond motifs is 1. The first-order valence-electron chi connectivity index (χ1n) is 8.83. The number of aromatic nitrogens is 5. The maximum absolute atomic E-state index is 12.4. The van der Waals surface area contributed by atoms with E-state index >= 15 is 0 Å². The summed E-state index contributed by atoms with van der Waals surface area (Å²) in [4.78, 5) is 29.4. The molecule has 0 spiro atoms. The Bertz CT molecular complexity index is 1140. The fourth-order valence-electron chi connectivity index (χ4n) is 2.91. The van der Waals surface area contributed by atoms with Gasteiger partial charge >= 0.3 is 6.09 Å². The summed E-state index contributed by atoms with van der Waals surface area (Å²) in [6.07, 6.45) is 8.64. The number of ether oxygens (including phenoxy) is 1. The molecular formula is C20H18N6O2. The molecule has 1 amide bonds. The Balaban J connectivity index is 1.53. The Hall–Kier alpha value is -3.81. The van der Waals surface area contributed by atoms with Gasteiger partial charge in [0.25, 0.3) is 0 Å². The standard InChI is InChI=1S/C20H18N6O2/c1-3-14-12-26(17-10-21-9-7-15(14)17)25-20(27)28-18-11-23-19(24-13(18)2)16-6-4-5-8-22-16/h4-12H,3H2,1-2H3,(H,25,27). The number of pyridine rings is 2. The Morgan fingerprint density at radius 3 is 2.82 bits per heavy atom. The summed E-state index contributed by atoms with van der Waals surface area (Å²) in [6, 6.07) is 7.42. The maximum Gasteiger partial charge on any atom is 0.432 e. The van der Waals surface area contributed by atoms with Crippen molar-refractivity contribution in [3.8, 4) is 17.3 Å². The van der Waals surface area contributed by atoms with Crippen LogP contribution in [0.2, 0.25) is 0 Å². The van der Waals surface area contributed by atoms with Crippen molar-refractivity contribution in [1.82, 2.24) is 24.6 Å². The van der Waals surface area contributed by atoms with E-state index in [0.29, 0.717) is 17.2 Å². The molecule has 4 heterocycles. The molecule has 4 aromatic heterocycles. The van der Waals surface area contributed by atoms with Gasteiger partial charge in [0.15, 0.2) is 11.6 Å². The summed E-state index contributed by atoms with van der Waals surface area (Å²) in [6.45, 7) is 3.81. The van der Waals surface area contributed by atoms with Crippen LogP contribution >= 0.6 is 0 Å². The molecule has 0 aromatic carbocycles. The van der Waals surface area contributed by atoms with Gasteiger partial charge in [0.2, 0.25) is 0 Å². The molecule has 0 unspecified atom stereocenters. The molecular weight excluding hydrogens is 356 g/mol. The molecule has 0 radical (unpaired) electrons. The maximum atomic E-state index is 12.4. The summed E-state index contributed by atoms with van der Waals surface area (Å²) in [5.74, 6) is 0.753. The fraction of sp³-hybridized carbons (Fsp3) is 0.150. The number of nitrogens with one attached hydrogen (secondary N) is 1. The van der Waals surface area contributed by atoms with Crippen LogP contribution in [-0.4, -0.2) is 30.7 Å². The lowest BCUT2D eigenvalue weighted by molar-refractivity contribution is 0.211. The number of carbonyl (C=O) groups is 1. The van der Waals surface area contributed by atoms with Crippen LogP contribution in [0.3, 0.4) is 0 Å². The summed E-state index contributed by atoms with van der Waals surface area (Å²) in [7, 11) is 0. The van der Waals surface area contributed by atoms with Gasteiger partial charge in [0.05, 0.1) is 23.6 Å². The van der Waals surface area contributed by atoms with Gasteiger partial charge in [0.1, 0.15) is 5.69 Å². The first kappa shape index (κ1) is 17.6. The second-order valence-corrected chi connectivity index (χ2v) is 6.13. The zero-order valence-electron chi connectivity index (χ0n) is 15.5. The van der Waals surface area contributed by atoms with Gasteiger partial charge in [-0.25, -0.2) is 20.2 Å². The minimum atomic E-state index is -0.638. The van der Waals surface area contributed by atoms with Crippen LogP contribution in [0.1, 0.15) is 18.2 Å². The Labute approximate surface area is 161 Å². The third kappa shape index (κ3) is 3.39. The molecule has 140 valence electrons. The van der Waals surface area contributed by atoms with E-state index in [1.807, 2.05) is 30.5 Å². The van der Waals surface area contributed by atoms with E-state index in [9.17, 15) is 4.79 Å². The molecule has 0 aliphatic heterocycles. The number of aryl methyl sites for hydroxylation is 2. The Kier molecular flexibility index (Phi) is 4.67. The van der Waals surface area contributed by atoms with Gasteiger partial charge in [-0.05, 0) is 37.1 Å².